The summed E-state index contributed by atoms with van der Waals surface area (Å²) < 4.78 is 1.75. The number of carbonyl (C=O) groups is 1. The van der Waals surface area contributed by atoms with Crippen LogP contribution in [0.3, 0.4) is 0 Å². The molecule has 3 heterocycles. The summed E-state index contributed by atoms with van der Waals surface area (Å²) in [6.07, 6.45) is 6.49. The maximum Gasteiger partial charge on any atom is 0.326 e. The molecule has 0 fully saturated rings. The highest BCUT2D eigenvalue weighted by Gasteiger charge is 2.26. The average Bonchev–Trinajstić information content (AvgIpc) is 3.25. The quantitative estimate of drug-likeness (QED) is 0.372. The molecule has 0 radical (unpaired) electrons. The number of aromatic nitrogens is 2. The van der Waals surface area contributed by atoms with Crippen LogP contribution >= 0.6 is 11.6 Å². The highest BCUT2D eigenvalue weighted by atomic mass is 35.5. The molecule has 0 bridgehead atoms. The summed E-state index contributed by atoms with van der Waals surface area (Å²) in [4.78, 5) is 19.7. The summed E-state index contributed by atoms with van der Waals surface area (Å²) in [7, 11) is 0. The Bertz CT molecular complexity index is 1590. The Labute approximate surface area is 219 Å². The number of pyridine rings is 1. The monoisotopic (exact) mass is 506 g/mol. The number of amides is 1. The highest BCUT2D eigenvalue weighted by Crippen LogP contribution is 2.31. The number of halogens is 1. The van der Waals surface area contributed by atoms with E-state index in [1.54, 1.807) is 22.9 Å². The first kappa shape index (κ1) is 24.3. The van der Waals surface area contributed by atoms with Crippen molar-refractivity contribution in [3.63, 3.8) is 0 Å². The Morgan fingerprint density at radius 2 is 1.86 bits per heavy atom. The molecule has 0 unspecified atom stereocenters. The molecular formula is C29H23ClN6O. The molecule has 2 aromatic carbocycles. The first-order chi connectivity index (χ1) is 18.1. The molecule has 2 aromatic heterocycles. The zero-order chi connectivity index (χ0) is 25.8. The van der Waals surface area contributed by atoms with Crippen LogP contribution in [0.2, 0.25) is 5.15 Å². The Morgan fingerprint density at radius 1 is 1.08 bits per heavy atom. The van der Waals surface area contributed by atoms with E-state index in [9.17, 15) is 10.1 Å². The number of hydrogen-bond acceptors (Lipinski definition) is 5. The number of nitriles is 2. The third-order valence-corrected chi connectivity index (χ3v) is 6.71. The van der Waals surface area contributed by atoms with Gasteiger partial charge in [0.05, 0.1) is 28.8 Å². The average molecular weight is 507 g/mol. The molecule has 1 amide bonds. The van der Waals surface area contributed by atoms with E-state index in [1.165, 1.54) is 0 Å². The van der Waals surface area contributed by atoms with Crippen molar-refractivity contribution in [1.29, 1.82) is 10.5 Å². The minimum Gasteiger partial charge on any atom is -0.333 e. The number of carbonyl (C=O) groups excluding carboxylic acids is 1. The van der Waals surface area contributed by atoms with Crippen LogP contribution in [0.1, 0.15) is 33.5 Å². The van der Waals surface area contributed by atoms with Gasteiger partial charge in [-0.1, -0.05) is 35.9 Å². The van der Waals surface area contributed by atoms with Gasteiger partial charge in [0.15, 0.2) is 0 Å². The molecular weight excluding hydrogens is 484 g/mol. The van der Waals surface area contributed by atoms with Crippen LogP contribution < -0.4 is 5.32 Å². The van der Waals surface area contributed by atoms with Crippen LogP contribution in [-0.2, 0) is 19.5 Å². The van der Waals surface area contributed by atoms with Gasteiger partial charge in [-0.15, -0.1) is 0 Å². The molecule has 7 nitrogen and oxygen atoms in total. The smallest absolute Gasteiger partial charge is 0.326 e. The van der Waals surface area contributed by atoms with Gasteiger partial charge >= 0.3 is 6.03 Å². The van der Waals surface area contributed by atoms with E-state index in [1.807, 2.05) is 48.5 Å². The van der Waals surface area contributed by atoms with Crippen LogP contribution in [0.4, 0.5) is 4.79 Å². The van der Waals surface area contributed by atoms with E-state index in [-0.39, 0.29) is 6.03 Å². The largest absolute Gasteiger partial charge is 0.333 e. The van der Waals surface area contributed by atoms with Gasteiger partial charge in [-0.25, -0.2) is 9.78 Å². The zero-order valence-corrected chi connectivity index (χ0v) is 20.7. The molecule has 37 heavy (non-hydrogen) atoms. The summed E-state index contributed by atoms with van der Waals surface area (Å²) in [6.45, 7) is 2.56. The fourth-order valence-corrected chi connectivity index (χ4v) is 4.88. The Hall–Kier alpha value is -4.43. The van der Waals surface area contributed by atoms with Crippen LogP contribution in [0.15, 0.2) is 66.9 Å². The Balaban J connectivity index is 1.38. The lowest BCUT2D eigenvalue weighted by molar-refractivity contribution is 0.240. The molecule has 1 N–H and O–H groups in total. The standard InChI is InChI=1S/C29H23ClN6O/c30-28-15-23(9-11-33-28)18-34-29(37)36-26-8-7-22(17-32)14-24(26)25-19-35(13-10-27(25)36)12-1-2-20-3-5-21(16-31)6-4-20/h1-9,11,14-15H,10,12-13,18-19H2,(H,34,37)/b2-1+. The van der Waals surface area contributed by atoms with Crippen molar-refractivity contribution >= 4 is 34.6 Å². The van der Waals surface area contributed by atoms with Gasteiger partial charge in [0.25, 0.3) is 0 Å². The number of rotatable bonds is 5. The lowest BCUT2D eigenvalue weighted by Crippen LogP contribution is -2.34. The van der Waals surface area contributed by atoms with Crippen LogP contribution in [0, 0.1) is 22.7 Å². The zero-order valence-electron chi connectivity index (χ0n) is 20.0. The topological polar surface area (TPSA) is 97.7 Å². The van der Waals surface area contributed by atoms with Gasteiger partial charge < -0.3 is 5.32 Å². The third kappa shape index (κ3) is 5.24. The lowest BCUT2D eigenvalue weighted by atomic mass is 10.0. The van der Waals surface area contributed by atoms with Gasteiger partial charge in [0.1, 0.15) is 5.15 Å². The summed E-state index contributed by atoms with van der Waals surface area (Å²) in [5.74, 6) is 0. The van der Waals surface area contributed by atoms with Crippen molar-refractivity contribution in [3.8, 4) is 12.1 Å². The van der Waals surface area contributed by atoms with E-state index < -0.39 is 0 Å². The van der Waals surface area contributed by atoms with Gasteiger partial charge in [0, 0.05) is 49.9 Å². The van der Waals surface area contributed by atoms with Gasteiger partial charge in [-0.05, 0) is 59.2 Å². The van der Waals surface area contributed by atoms with Crippen LogP contribution in [-0.4, -0.2) is 33.6 Å². The van der Waals surface area contributed by atoms with Crippen LogP contribution in [0.25, 0.3) is 17.0 Å². The van der Waals surface area contributed by atoms with Crippen molar-refractivity contribution in [2.75, 3.05) is 13.1 Å². The molecule has 0 aliphatic carbocycles. The van der Waals surface area contributed by atoms with Gasteiger partial charge in [-0.3, -0.25) is 9.47 Å². The first-order valence-electron chi connectivity index (χ1n) is 11.9. The van der Waals surface area contributed by atoms with Crippen molar-refractivity contribution in [2.45, 2.75) is 19.5 Å². The molecule has 0 spiro atoms. The molecule has 4 aromatic rings. The van der Waals surface area contributed by atoms with Gasteiger partial charge in [-0.2, -0.15) is 10.5 Å². The van der Waals surface area contributed by atoms with E-state index in [4.69, 9.17) is 16.9 Å². The molecule has 1 aliphatic rings. The normalized spacial score (nSPS) is 13.3. The lowest BCUT2D eigenvalue weighted by Gasteiger charge is -2.27. The molecule has 5 rings (SSSR count). The maximum atomic E-state index is 13.4. The summed E-state index contributed by atoms with van der Waals surface area (Å²) in [5, 5.41) is 22.7. The number of hydrogen-bond donors (Lipinski definition) is 1. The molecule has 0 atom stereocenters. The summed E-state index contributed by atoms with van der Waals surface area (Å²) in [5.41, 5.74) is 5.96. The second-order valence-electron chi connectivity index (χ2n) is 8.87. The first-order valence-corrected chi connectivity index (χ1v) is 12.3. The summed E-state index contributed by atoms with van der Waals surface area (Å²) >= 11 is 5.98. The predicted molar refractivity (Wildman–Crippen MR) is 143 cm³/mol. The number of fused-ring (bicyclic) bond motifs is 3. The van der Waals surface area contributed by atoms with Crippen molar-refractivity contribution in [1.82, 2.24) is 19.8 Å². The highest BCUT2D eigenvalue weighted by molar-refractivity contribution is 6.29. The number of nitrogens with zero attached hydrogens (tertiary/aromatic N) is 5. The number of nitrogens with one attached hydrogen (secondary N) is 1. The van der Waals surface area contributed by atoms with Gasteiger partial charge in [0.2, 0.25) is 0 Å². The second-order valence-corrected chi connectivity index (χ2v) is 9.26. The Kier molecular flexibility index (Phi) is 7.00. The minimum absolute atomic E-state index is 0.210. The van der Waals surface area contributed by atoms with Crippen molar-refractivity contribution < 1.29 is 4.79 Å². The molecule has 8 heteroatoms. The summed E-state index contributed by atoms with van der Waals surface area (Å²) in [6, 6.07) is 20.6. The minimum atomic E-state index is -0.210. The molecule has 0 saturated carbocycles. The molecule has 1 aliphatic heterocycles. The SMILES string of the molecule is N#Cc1ccc(/C=C/CN2CCc3c(c4cc(C#N)ccc4n3C(=O)NCc3ccnc(Cl)c3)C2)cc1. The van der Waals surface area contributed by atoms with E-state index in [2.05, 4.69) is 33.4 Å². The second kappa shape index (κ2) is 10.7. The molecule has 0 saturated heterocycles. The molecule has 182 valence electrons. The fourth-order valence-electron chi connectivity index (χ4n) is 4.69. The van der Waals surface area contributed by atoms with E-state index in [0.717, 1.165) is 46.4 Å². The van der Waals surface area contributed by atoms with E-state index in [0.29, 0.717) is 35.8 Å². The van der Waals surface area contributed by atoms with E-state index >= 15 is 0 Å². The Morgan fingerprint density at radius 3 is 2.62 bits per heavy atom. The van der Waals surface area contributed by atoms with Crippen molar-refractivity contribution in [3.05, 3.63) is 106 Å². The van der Waals surface area contributed by atoms with Crippen LogP contribution in [0.5, 0.6) is 0 Å². The maximum absolute atomic E-state index is 13.4. The van der Waals surface area contributed by atoms with Crippen molar-refractivity contribution in [2.24, 2.45) is 0 Å². The fraction of sp³-hybridized carbons (Fsp3) is 0.172. The third-order valence-electron chi connectivity index (χ3n) is 6.51. The number of benzene rings is 2. The predicted octanol–water partition coefficient (Wildman–Crippen LogP) is 5.26.